The van der Waals surface area contributed by atoms with Crippen LogP contribution in [0.3, 0.4) is 0 Å². The molecule has 1 aromatic carbocycles. The first kappa shape index (κ1) is 13.9. The zero-order valence-electron chi connectivity index (χ0n) is 11.9. The van der Waals surface area contributed by atoms with E-state index in [1.54, 1.807) is 5.57 Å². The van der Waals surface area contributed by atoms with Gasteiger partial charge in [-0.25, -0.2) is 0 Å². The molecular weight excluding hydrogens is 228 g/mol. The van der Waals surface area contributed by atoms with Crippen molar-refractivity contribution in [3.63, 3.8) is 0 Å². The number of hydrogen-bond acceptors (Lipinski definition) is 0. The lowest BCUT2D eigenvalue weighted by Crippen LogP contribution is -1.90. The van der Waals surface area contributed by atoms with Crippen molar-refractivity contribution in [1.82, 2.24) is 0 Å². The third kappa shape index (κ3) is 5.30. The van der Waals surface area contributed by atoms with Crippen LogP contribution in [0.15, 0.2) is 59.7 Å². The maximum Gasteiger partial charge on any atom is -0.0136 e. The Morgan fingerprint density at radius 1 is 1.16 bits per heavy atom. The predicted molar refractivity (Wildman–Crippen MR) is 85.0 cm³/mol. The highest BCUT2D eigenvalue weighted by Gasteiger charge is 2.01. The summed E-state index contributed by atoms with van der Waals surface area (Å²) >= 11 is 0. The monoisotopic (exact) mass is 252 g/mol. The molecule has 0 saturated carbocycles. The first-order valence-corrected chi connectivity index (χ1v) is 7.40. The summed E-state index contributed by atoms with van der Waals surface area (Å²) < 4.78 is 0. The van der Waals surface area contributed by atoms with E-state index in [1.807, 2.05) is 0 Å². The van der Waals surface area contributed by atoms with E-state index in [1.165, 1.54) is 36.8 Å². The van der Waals surface area contributed by atoms with Crippen molar-refractivity contribution < 1.29 is 0 Å². The van der Waals surface area contributed by atoms with Crippen molar-refractivity contribution in [2.24, 2.45) is 0 Å². The largest absolute Gasteiger partial charge is 0.0850 e. The fourth-order valence-electron chi connectivity index (χ4n) is 2.42. The third-order valence-corrected chi connectivity index (χ3v) is 3.65. The lowest BCUT2D eigenvalue weighted by molar-refractivity contribution is 0.691. The summed E-state index contributed by atoms with van der Waals surface area (Å²) in [6.07, 6.45) is 16.9. The van der Waals surface area contributed by atoms with Gasteiger partial charge < -0.3 is 0 Å². The molecule has 2 rings (SSSR count). The lowest BCUT2D eigenvalue weighted by Gasteiger charge is -2.10. The summed E-state index contributed by atoms with van der Waals surface area (Å²) in [5.74, 6) is 0. The molecule has 0 N–H and O–H groups in total. The van der Waals surface area contributed by atoms with E-state index in [0.29, 0.717) is 0 Å². The average Bonchev–Trinajstić information content (AvgIpc) is 2.47. The van der Waals surface area contributed by atoms with Gasteiger partial charge in [0.05, 0.1) is 0 Å². The summed E-state index contributed by atoms with van der Waals surface area (Å²) in [6, 6.07) is 10.5. The molecule has 19 heavy (non-hydrogen) atoms. The maximum atomic E-state index is 2.44. The Morgan fingerprint density at radius 3 is 2.74 bits per heavy atom. The van der Waals surface area contributed by atoms with E-state index in [2.05, 4.69) is 61.6 Å². The molecule has 0 amide bonds. The highest BCUT2D eigenvalue weighted by molar-refractivity contribution is 5.49. The lowest BCUT2D eigenvalue weighted by atomic mass is 9.96. The molecule has 0 bridgehead atoms. The van der Waals surface area contributed by atoms with Gasteiger partial charge in [0.15, 0.2) is 0 Å². The number of hydrogen-bond donors (Lipinski definition) is 0. The Morgan fingerprint density at radius 2 is 2.00 bits per heavy atom. The normalized spacial score (nSPS) is 16.7. The van der Waals surface area contributed by atoms with Crippen LogP contribution in [0.5, 0.6) is 0 Å². The van der Waals surface area contributed by atoms with Crippen LogP contribution in [-0.4, -0.2) is 0 Å². The van der Waals surface area contributed by atoms with Crippen LogP contribution in [0.1, 0.15) is 51.0 Å². The van der Waals surface area contributed by atoms with Gasteiger partial charge in [0.2, 0.25) is 0 Å². The van der Waals surface area contributed by atoms with E-state index < -0.39 is 0 Å². The highest BCUT2D eigenvalue weighted by Crippen LogP contribution is 2.21. The van der Waals surface area contributed by atoms with E-state index in [-0.39, 0.29) is 0 Å². The first-order valence-electron chi connectivity index (χ1n) is 7.40. The second kappa shape index (κ2) is 7.78. The second-order valence-electron chi connectivity index (χ2n) is 5.38. The molecule has 0 aromatic heterocycles. The second-order valence-corrected chi connectivity index (χ2v) is 5.38. The molecule has 0 atom stereocenters. The minimum Gasteiger partial charge on any atom is -0.0850 e. The third-order valence-electron chi connectivity index (χ3n) is 3.65. The summed E-state index contributed by atoms with van der Waals surface area (Å²) in [4.78, 5) is 0. The van der Waals surface area contributed by atoms with Crippen LogP contribution in [0.2, 0.25) is 0 Å². The minimum absolute atomic E-state index is 1.06. The molecule has 0 saturated heterocycles. The zero-order valence-corrected chi connectivity index (χ0v) is 11.9. The standard InChI is InChI=1S/C19H24/c1-17(15-16-19-12-6-3-7-13-19)9-8-14-18-10-4-2-5-11-18/h2,4-5,8,10-12,14-15H,3,6-7,9,13,16H2,1H3/b14-8+,17-15+. The molecule has 0 unspecified atom stereocenters. The number of allylic oxidation sites excluding steroid dienone is 5. The molecule has 100 valence electrons. The number of rotatable bonds is 5. The molecule has 0 heteroatoms. The molecule has 1 aliphatic carbocycles. The quantitative estimate of drug-likeness (QED) is 0.570. The molecule has 0 heterocycles. The van der Waals surface area contributed by atoms with Crippen molar-refractivity contribution in [1.29, 1.82) is 0 Å². The smallest absolute Gasteiger partial charge is 0.0136 e. The Hall–Kier alpha value is -1.56. The molecule has 1 aliphatic rings. The zero-order chi connectivity index (χ0) is 13.3. The van der Waals surface area contributed by atoms with Crippen molar-refractivity contribution in [2.75, 3.05) is 0 Å². The molecular formula is C19H24. The van der Waals surface area contributed by atoms with Gasteiger partial charge in [-0.3, -0.25) is 0 Å². The topological polar surface area (TPSA) is 0 Å². The Kier molecular flexibility index (Phi) is 5.68. The molecule has 0 aliphatic heterocycles. The highest BCUT2D eigenvalue weighted by atomic mass is 14.1. The Labute approximate surface area is 117 Å². The maximum absolute atomic E-state index is 2.44. The van der Waals surface area contributed by atoms with E-state index >= 15 is 0 Å². The van der Waals surface area contributed by atoms with Gasteiger partial charge in [0, 0.05) is 0 Å². The molecule has 0 fully saturated rings. The van der Waals surface area contributed by atoms with Gasteiger partial charge in [-0.2, -0.15) is 0 Å². The predicted octanol–water partition coefficient (Wildman–Crippen LogP) is 5.93. The SMILES string of the molecule is C/C(=C\CC1=CCCCC1)C/C=C/c1ccccc1. The van der Waals surface area contributed by atoms with Gasteiger partial charge in [0.1, 0.15) is 0 Å². The Balaban J connectivity index is 1.79. The fourth-order valence-corrected chi connectivity index (χ4v) is 2.42. The van der Waals surface area contributed by atoms with Gasteiger partial charge in [-0.05, 0) is 51.0 Å². The van der Waals surface area contributed by atoms with Crippen molar-refractivity contribution in [2.45, 2.75) is 45.4 Å². The summed E-state index contributed by atoms with van der Waals surface area (Å²) in [7, 11) is 0. The van der Waals surface area contributed by atoms with Crippen LogP contribution in [0.4, 0.5) is 0 Å². The van der Waals surface area contributed by atoms with Crippen molar-refractivity contribution in [3.8, 4) is 0 Å². The average molecular weight is 252 g/mol. The molecule has 0 radical (unpaired) electrons. The van der Waals surface area contributed by atoms with Crippen LogP contribution in [0.25, 0.3) is 6.08 Å². The van der Waals surface area contributed by atoms with Crippen LogP contribution < -0.4 is 0 Å². The van der Waals surface area contributed by atoms with Crippen LogP contribution in [0, 0.1) is 0 Å². The van der Waals surface area contributed by atoms with Crippen LogP contribution in [-0.2, 0) is 0 Å². The van der Waals surface area contributed by atoms with Gasteiger partial charge in [0.25, 0.3) is 0 Å². The minimum atomic E-state index is 1.06. The molecule has 0 spiro atoms. The van der Waals surface area contributed by atoms with Gasteiger partial charge in [-0.1, -0.05) is 65.8 Å². The number of benzene rings is 1. The molecule has 1 aromatic rings. The Bertz CT molecular complexity index is 460. The van der Waals surface area contributed by atoms with E-state index in [0.717, 1.165) is 12.8 Å². The summed E-state index contributed by atoms with van der Waals surface area (Å²) in [5.41, 5.74) is 4.39. The van der Waals surface area contributed by atoms with Crippen LogP contribution >= 0.6 is 0 Å². The van der Waals surface area contributed by atoms with E-state index in [4.69, 9.17) is 0 Å². The van der Waals surface area contributed by atoms with Crippen molar-refractivity contribution >= 4 is 6.08 Å². The van der Waals surface area contributed by atoms with E-state index in [9.17, 15) is 0 Å². The summed E-state index contributed by atoms with van der Waals surface area (Å²) in [6.45, 7) is 2.23. The van der Waals surface area contributed by atoms with Gasteiger partial charge >= 0.3 is 0 Å². The first-order chi connectivity index (χ1) is 9.34. The summed E-state index contributed by atoms with van der Waals surface area (Å²) in [5, 5.41) is 0. The van der Waals surface area contributed by atoms with Crippen molar-refractivity contribution in [3.05, 3.63) is 65.3 Å². The van der Waals surface area contributed by atoms with Gasteiger partial charge in [-0.15, -0.1) is 0 Å². The fraction of sp³-hybridized carbons (Fsp3) is 0.368. The molecule has 0 nitrogen and oxygen atoms in total.